The summed E-state index contributed by atoms with van der Waals surface area (Å²) in [5.41, 5.74) is 0. The minimum atomic E-state index is -0.736. The fourth-order valence-electron chi connectivity index (χ4n) is 3.14. The molecule has 120 valence electrons. The molecule has 0 atom stereocenters. The molecule has 0 unspecified atom stereocenters. The normalized spacial score (nSPS) is 22.4. The third kappa shape index (κ3) is 4.68. The third-order valence-corrected chi connectivity index (χ3v) is 4.49. The predicted molar refractivity (Wildman–Crippen MR) is 78.0 cm³/mol. The van der Waals surface area contributed by atoms with Crippen molar-refractivity contribution >= 4 is 11.9 Å². The van der Waals surface area contributed by atoms with Gasteiger partial charge in [-0.15, -0.1) is 0 Å². The highest BCUT2D eigenvalue weighted by Crippen LogP contribution is 2.18. The number of carboxylic acid groups (broad SMARTS) is 1. The number of carboxylic acids is 1. The largest absolute Gasteiger partial charge is 0.481 e. The molecule has 0 spiro atoms. The molecule has 1 amide bonds. The number of hydrogen-bond acceptors (Lipinski definition) is 4. The molecule has 2 aliphatic rings. The Bertz CT molecular complexity index is 359. The lowest BCUT2D eigenvalue weighted by Crippen LogP contribution is -2.47. The van der Waals surface area contributed by atoms with E-state index in [-0.39, 0.29) is 11.8 Å². The second kappa shape index (κ2) is 7.75. The Kier molecular flexibility index (Phi) is 5.99. The van der Waals surface area contributed by atoms with E-state index >= 15 is 0 Å². The van der Waals surface area contributed by atoms with Gasteiger partial charge in [-0.05, 0) is 32.6 Å². The molecule has 6 heteroatoms. The Morgan fingerprint density at radius 2 is 1.71 bits per heavy atom. The van der Waals surface area contributed by atoms with E-state index in [4.69, 9.17) is 9.84 Å². The molecule has 0 aliphatic carbocycles. The van der Waals surface area contributed by atoms with E-state index < -0.39 is 5.97 Å². The summed E-state index contributed by atoms with van der Waals surface area (Å²) in [6.07, 6.45) is 3.47. The van der Waals surface area contributed by atoms with Crippen molar-refractivity contribution < 1.29 is 19.4 Å². The first-order chi connectivity index (χ1) is 10.1. The average molecular weight is 298 g/mol. The van der Waals surface area contributed by atoms with E-state index in [2.05, 4.69) is 4.90 Å². The van der Waals surface area contributed by atoms with Crippen LogP contribution in [0.3, 0.4) is 0 Å². The molecule has 21 heavy (non-hydrogen) atoms. The molecule has 6 nitrogen and oxygen atoms in total. The predicted octanol–water partition coefficient (Wildman–Crippen LogP) is 0.810. The molecule has 0 aromatic carbocycles. The number of rotatable bonds is 5. The summed E-state index contributed by atoms with van der Waals surface area (Å²) in [6.45, 7) is 6.18. The molecule has 2 aliphatic heterocycles. The van der Waals surface area contributed by atoms with Gasteiger partial charge in [0.1, 0.15) is 0 Å². The number of nitrogens with zero attached hydrogens (tertiary/aromatic N) is 2. The van der Waals surface area contributed by atoms with Crippen LogP contribution in [0, 0.1) is 5.92 Å². The van der Waals surface area contributed by atoms with Crippen molar-refractivity contribution in [2.45, 2.75) is 38.7 Å². The van der Waals surface area contributed by atoms with E-state index in [9.17, 15) is 9.59 Å². The molecule has 0 saturated carbocycles. The molecule has 2 fully saturated rings. The first-order valence-electron chi connectivity index (χ1n) is 7.94. The lowest BCUT2D eigenvalue weighted by molar-refractivity contribution is -0.146. The number of carbonyl (C=O) groups excluding carboxylic acids is 1. The molecule has 0 radical (unpaired) electrons. The number of carbonyl (C=O) groups is 2. The van der Waals surface area contributed by atoms with Crippen LogP contribution >= 0.6 is 0 Å². The number of hydrogen-bond donors (Lipinski definition) is 1. The van der Waals surface area contributed by atoms with Gasteiger partial charge in [-0.3, -0.25) is 14.5 Å². The van der Waals surface area contributed by atoms with Gasteiger partial charge in [-0.25, -0.2) is 0 Å². The van der Waals surface area contributed by atoms with Crippen molar-refractivity contribution in [1.29, 1.82) is 0 Å². The van der Waals surface area contributed by atoms with Gasteiger partial charge < -0.3 is 14.7 Å². The highest BCUT2D eigenvalue weighted by Gasteiger charge is 2.28. The van der Waals surface area contributed by atoms with E-state index in [0.29, 0.717) is 38.6 Å². The van der Waals surface area contributed by atoms with Crippen molar-refractivity contribution in [1.82, 2.24) is 9.80 Å². The molecular formula is C15H26N2O4. The van der Waals surface area contributed by atoms with Crippen LogP contribution < -0.4 is 0 Å². The van der Waals surface area contributed by atoms with Crippen molar-refractivity contribution in [3.05, 3.63) is 0 Å². The summed E-state index contributed by atoms with van der Waals surface area (Å²) in [7, 11) is 0. The smallest absolute Gasteiger partial charge is 0.306 e. The summed E-state index contributed by atoms with van der Waals surface area (Å²) in [5, 5.41) is 8.97. The molecule has 2 heterocycles. The highest BCUT2D eigenvalue weighted by molar-refractivity contribution is 5.79. The van der Waals surface area contributed by atoms with E-state index in [1.54, 1.807) is 0 Å². The second-order valence-electron chi connectivity index (χ2n) is 5.92. The zero-order valence-electron chi connectivity index (χ0n) is 12.8. The summed E-state index contributed by atoms with van der Waals surface area (Å²) in [4.78, 5) is 27.2. The minimum absolute atomic E-state index is 0.133. The van der Waals surface area contributed by atoms with Crippen LogP contribution in [0.4, 0.5) is 0 Å². The summed E-state index contributed by atoms with van der Waals surface area (Å²) in [6, 6.07) is 0. The van der Waals surface area contributed by atoms with Crippen LogP contribution in [0.15, 0.2) is 0 Å². The van der Waals surface area contributed by atoms with E-state index in [1.807, 2.05) is 11.8 Å². The number of piperidine rings is 2. The number of aliphatic carboxylic acids is 1. The Balaban J connectivity index is 1.70. The lowest BCUT2D eigenvalue weighted by atomic mass is 9.97. The van der Waals surface area contributed by atoms with Crippen LogP contribution in [-0.2, 0) is 14.3 Å². The van der Waals surface area contributed by atoms with Crippen LogP contribution in [-0.4, -0.2) is 72.2 Å². The van der Waals surface area contributed by atoms with Gasteiger partial charge in [0.25, 0.3) is 0 Å². The Morgan fingerprint density at radius 3 is 2.24 bits per heavy atom. The maximum absolute atomic E-state index is 12.3. The topological polar surface area (TPSA) is 70.1 Å². The maximum atomic E-state index is 12.3. The Hall–Kier alpha value is -1.14. The number of likely N-dealkylation sites (tertiary alicyclic amines) is 2. The number of ether oxygens (including phenoxy) is 1. The molecular weight excluding hydrogens is 272 g/mol. The summed E-state index contributed by atoms with van der Waals surface area (Å²) < 4.78 is 5.61. The maximum Gasteiger partial charge on any atom is 0.306 e. The average Bonchev–Trinajstić information content (AvgIpc) is 2.49. The Labute approximate surface area is 126 Å². The highest BCUT2D eigenvalue weighted by atomic mass is 16.5. The van der Waals surface area contributed by atoms with Crippen molar-refractivity contribution in [3.63, 3.8) is 0 Å². The van der Waals surface area contributed by atoms with E-state index in [0.717, 1.165) is 32.5 Å². The van der Waals surface area contributed by atoms with Gasteiger partial charge in [0, 0.05) is 32.8 Å². The van der Waals surface area contributed by atoms with Crippen LogP contribution in [0.25, 0.3) is 0 Å². The number of amides is 1. The van der Waals surface area contributed by atoms with Gasteiger partial charge in [-0.1, -0.05) is 0 Å². The zero-order valence-corrected chi connectivity index (χ0v) is 12.8. The van der Waals surface area contributed by atoms with Gasteiger partial charge >= 0.3 is 5.97 Å². The first kappa shape index (κ1) is 16.2. The summed E-state index contributed by atoms with van der Waals surface area (Å²) in [5.74, 6) is -0.884. The van der Waals surface area contributed by atoms with Gasteiger partial charge in [0.2, 0.25) is 5.91 Å². The molecule has 2 saturated heterocycles. The van der Waals surface area contributed by atoms with Crippen LogP contribution in [0.2, 0.25) is 0 Å². The van der Waals surface area contributed by atoms with Crippen molar-refractivity contribution in [2.75, 3.05) is 39.3 Å². The van der Waals surface area contributed by atoms with Gasteiger partial charge in [0.15, 0.2) is 0 Å². The van der Waals surface area contributed by atoms with Crippen molar-refractivity contribution in [2.24, 2.45) is 5.92 Å². The third-order valence-electron chi connectivity index (χ3n) is 4.49. The van der Waals surface area contributed by atoms with Crippen LogP contribution in [0.5, 0.6) is 0 Å². The Morgan fingerprint density at radius 1 is 1.10 bits per heavy atom. The van der Waals surface area contributed by atoms with Crippen LogP contribution in [0.1, 0.15) is 32.6 Å². The van der Waals surface area contributed by atoms with E-state index in [1.165, 1.54) is 0 Å². The molecule has 0 aromatic rings. The summed E-state index contributed by atoms with van der Waals surface area (Å²) >= 11 is 0. The fourth-order valence-corrected chi connectivity index (χ4v) is 3.14. The molecule has 0 bridgehead atoms. The molecule has 0 aromatic heterocycles. The zero-order chi connectivity index (χ0) is 15.2. The lowest BCUT2D eigenvalue weighted by Gasteiger charge is -2.35. The second-order valence-corrected chi connectivity index (χ2v) is 5.92. The van der Waals surface area contributed by atoms with Gasteiger partial charge in [0.05, 0.1) is 18.6 Å². The monoisotopic (exact) mass is 298 g/mol. The standard InChI is InChI=1S/C15H26N2O4/c1-2-21-13-5-7-16(8-6-13)11-14(18)17-9-3-12(4-10-17)15(19)20/h12-13H,2-11H2,1H3,(H,19,20). The molecule has 1 N–H and O–H groups in total. The SMILES string of the molecule is CCOC1CCN(CC(=O)N2CCC(C(=O)O)CC2)CC1. The quantitative estimate of drug-likeness (QED) is 0.813. The van der Waals surface area contributed by atoms with Crippen molar-refractivity contribution in [3.8, 4) is 0 Å². The fraction of sp³-hybridized carbons (Fsp3) is 0.867. The first-order valence-corrected chi connectivity index (χ1v) is 7.94. The van der Waals surface area contributed by atoms with Gasteiger partial charge in [-0.2, -0.15) is 0 Å². The minimum Gasteiger partial charge on any atom is -0.481 e. The molecule has 2 rings (SSSR count).